The summed E-state index contributed by atoms with van der Waals surface area (Å²) in [5.41, 5.74) is 1.32. The van der Waals surface area contributed by atoms with E-state index < -0.39 is 0 Å². The summed E-state index contributed by atoms with van der Waals surface area (Å²) in [6, 6.07) is 13.3. The lowest BCUT2D eigenvalue weighted by Crippen LogP contribution is -2.23. The van der Waals surface area contributed by atoms with E-state index >= 15 is 0 Å². The Morgan fingerprint density at radius 1 is 1.35 bits per heavy atom. The third kappa shape index (κ3) is 3.56. The van der Waals surface area contributed by atoms with E-state index in [1.165, 1.54) is 6.08 Å². The molecule has 0 aliphatic carbocycles. The van der Waals surface area contributed by atoms with Gasteiger partial charge in [-0.3, -0.25) is 4.79 Å². The first-order valence-electron chi connectivity index (χ1n) is 6.15. The molecule has 0 bridgehead atoms. The van der Waals surface area contributed by atoms with Gasteiger partial charge in [-0.1, -0.05) is 24.3 Å². The summed E-state index contributed by atoms with van der Waals surface area (Å²) in [5.74, 6) is -0.0776. The van der Waals surface area contributed by atoms with Gasteiger partial charge in [-0.2, -0.15) is 5.26 Å². The molecule has 1 aromatic carbocycles. The van der Waals surface area contributed by atoms with Crippen molar-refractivity contribution in [2.45, 2.75) is 6.54 Å². The van der Waals surface area contributed by atoms with E-state index in [1.807, 2.05) is 29.6 Å². The number of hydrogen-bond acceptors (Lipinski definition) is 3. The highest BCUT2D eigenvalue weighted by atomic mass is 32.1. The maximum atomic E-state index is 12.0. The number of carbonyl (C=O) groups is 1. The molecular formula is C16H14N2OS. The normalized spacial score (nSPS) is 10.4. The fraction of sp³-hybridized carbons (Fsp3) is 0.125. The minimum atomic E-state index is -0.0776. The zero-order valence-electron chi connectivity index (χ0n) is 11.1. The number of thiophene rings is 1. The second-order valence-electron chi connectivity index (χ2n) is 4.31. The summed E-state index contributed by atoms with van der Waals surface area (Å²) in [6.45, 7) is 0.598. The van der Waals surface area contributed by atoms with Gasteiger partial charge in [-0.05, 0) is 29.2 Å². The number of nitriles is 1. The zero-order chi connectivity index (χ0) is 14.4. The molecule has 1 aromatic heterocycles. The van der Waals surface area contributed by atoms with E-state index in [0.29, 0.717) is 12.1 Å². The minimum Gasteiger partial charge on any atom is -0.337 e. The van der Waals surface area contributed by atoms with Gasteiger partial charge in [0.15, 0.2) is 0 Å². The lowest BCUT2D eigenvalue weighted by atomic mass is 10.1. The van der Waals surface area contributed by atoms with Crippen LogP contribution in [0, 0.1) is 11.3 Å². The monoisotopic (exact) mass is 282 g/mol. The van der Waals surface area contributed by atoms with Crippen LogP contribution in [0.2, 0.25) is 0 Å². The Kier molecular flexibility index (Phi) is 4.70. The molecular weight excluding hydrogens is 268 g/mol. The molecule has 20 heavy (non-hydrogen) atoms. The molecule has 0 saturated heterocycles. The molecule has 0 fully saturated rings. The van der Waals surface area contributed by atoms with Gasteiger partial charge in [0, 0.05) is 18.0 Å². The van der Waals surface area contributed by atoms with Crippen LogP contribution in [0.4, 0.5) is 0 Å². The predicted molar refractivity (Wildman–Crippen MR) is 81.0 cm³/mol. The van der Waals surface area contributed by atoms with Gasteiger partial charge < -0.3 is 4.90 Å². The summed E-state index contributed by atoms with van der Waals surface area (Å²) in [5, 5.41) is 11.0. The van der Waals surface area contributed by atoms with Gasteiger partial charge in [0.2, 0.25) is 5.91 Å². The smallest absolute Gasteiger partial charge is 0.246 e. The largest absolute Gasteiger partial charge is 0.337 e. The van der Waals surface area contributed by atoms with Gasteiger partial charge in [-0.25, -0.2) is 0 Å². The molecule has 0 spiro atoms. The third-order valence-electron chi connectivity index (χ3n) is 2.84. The molecule has 1 heterocycles. The van der Waals surface area contributed by atoms with E-state index in [9.17, 15) is 4.79 Å². The minimum absolute atomic E-state index is 0.0776. The van der Waals surface area contributed by atoms with Crippen molar-refractivity contribution in [3.8, 4) is 6.07 Å². The predicted octanol–water partition coefficient (Wildman–Crippen LogP) is 3.29. The average Bonchev–Trinajstić information content (AvgIpc) is 2.97. The van der Waals surface area contributed by atoms with E-state index in [-0.39, 0.29) is 5.91 Å². The molecule has 2 rings (SSSR count). The van der Waals surface area contributed by atoms with Crippen molar-refractivity contribution < 1.29 is 4.79 Å². The van der Waals surface area contributed by atoms with Crippen LogP contribution in [0.5, 0.6) is 0 Å². The summed E-state index contributed by atoms with van der Waals surface area (Å²) < 4.78 is 0. The van der Waals surface area contributed by atoms with Crippen molar-refractivity contribution in [3.63, 3.8) is 0 Å². The molecule has 4 heteroatoms. The van der Waals surface area contributed by atoms with Crippen molar-refractivity contribution in [3.05, 3.63) is 63.9 Å². The summed E-state index contributed by atoms with van der Waals surface area (Å²) in [6.07, 6.45) is 3.19. The van der Waals surface area contributed by atoms with Gasteiger partial charge in [0.25, 0.3) is 0 Å². The van der Waals surface area contributed by atoms with Gasteiger partial charge in [0.1, 0.15) is 0 Å². The number of carbonyl (C=O) groups excluding carboxylic acids is 1. The lowest BCUT2D eigenvalue weighted by Gasteiger charge is -2.13. The first-order valence-corrected chi connectivity index (χ1v) is 7.03. The van der Waals surface area contributed by atoms with Crippen molar-refractivity contribution in [1.82, 2.24) is 4.90 Å². The Morgan fingerprint density at radius 2 is 2.15 bits per heavy atom. The summed E-state index contributed by atoms with van der Waals surface area (Å²) in [7, 11) is 1.77. The highest BCUT2D eigenvalue weighted by Crippen LogP contribution is 2.12. The second-order valence-corrected chi connectivity index (χ2v) is 5.34. The van der Waals surface area contributed by atoms with Crippen molar-refractivity contribution >= 4 is 23.3 Å². The van der Waals surface area contributed by atoms with Crippen molar-refractivity contribution in [1.29, 1.82) is 5.26 Å². The summed E-state index contributed by atoms with van der Waals surface area (Å²) in [4.78, 5) is 14.8. The number of hydrogen-bond donors (Lipinski definition) is 0. The van der Waals surface area contributed by atoms with Crippen LogP contribution in [0.15, 0.2) is 47.9 Å². The Hall–Kier alpha value is -2.38. The quantitative estimate of drug-likeness (QED) is 0.808. The first-order chi connectivity index (χ1) is 9.70. The Labute approximate surface area is 122 Å². The van der Waals surface area contributed by atoms with Gasteiger partial charge in [-0.15, -0.1) is 11.3 Å². The maximum Gasteiger partial charge on any atom is 0.246 e. The molecule has 0 atom stereocenters. The van der Waals surface area contributed by atoms with Crippen LogP contribution in [0.1, 0.15) is 16.0 Å². The van der Waals surface area contributed by atoms with Crippen LogP contribution in [0.3, 0.4) is 0 Å². The molecule has 0 N–H and O–H groups in total. The molecule has 0 unspecified atom stereocenters. The van der Waals surface area contributed by atoms with E-state index in [4.69, 9.17) is 5.26 Å². The fourth-order valence-corrected chi connectivity index (χ4v) is 2.50. The number of rotatable bonds is 4. The second kappa shape index (κ2) is 6.69. The first kappa shape index (κ1) is 14.0. The maximum absolute atomic E-state index is 12.0. The van der Waals surface area contributed by atoms with Gasteiger partial charge in [0.05, 0.1) is 18.2 Å². The van der Waals surface area contributed by atoms with Crippen LogP contribution in [-0.2, 0) is 11.3 Å². The molecule has 0 radical (unpaired) electrons. The van der Waals surface area contributed by atoms with Crippen LogP contribution in [0.25, 0.3) is 6.08 Å². The van der Waals surface area contributed by atoms with Crippen molar-refractivity contribution in [2.75, 3.05) is 7.05 Å². The summed E-state index contributed by atoms with van der Waals surface area (Å²) >= 11 is 1.63. The van der Waals surface area contributed by atoms with Crippen LogP contribution < -0.4 is 0 Å². The van der Waals surface area contributed by atoms with E-state index in [0.717, 1.165) is 10.4 Å². The van der Waals surface area contributed by atoms with Gasteiger partial charge >= 0.3 is 0 Å². The third-order valence-corrected chi connectivity index (χ3v) is 3.70. The molecule has 100 valence electrons. The Morgan fingerprint density at radius 3 is 2.85 bits per heavy atom. The fourth-order valence-electron chi connectivity index (χ4n) is 1.75. The highest BCUT2D eigenvalue weighted by Gasteiger charge is 2.06. The molecule has 2 aromatic rings. The molecule has 0 aliphatic rings. The Balaban J connectivity index is 2.03. The Bertz CT molecular complexity index is 653. The standard InChI is InChI=1S/C16H14N2OS/c1-18(12-15-7-4-10-20-15)16(19)9-8-13-5-2-3-6-14(13)11-17/h2-10H,12H2,1H3/b9-8-. The molecule has 0 aliphatic heterocycles. The molecule has 1 amide bonds. The number of likely N-dealkylation sites (N-methyl/N-ethyl adjacent to an activating group) is 1. The number of nitrogens with zero attached hydrogens (tertiary/aromatic N) is 2. The zero-order valence-corrected chi connectivity index (χ0v) is 11.9. The van der Waals surface area contributed by atoms with E-state index in [2.05, 4.69) is 6.07 Å². The SMILES string of the molecule is CN(Cc1cccs1)C(=O)/C=C\c1ccccc1C#N. The molecule has 0 saturated carbocycles. The van der Waals surface area contributed by atoms with Crippen LogP contribution in [-0.4, -0.2) is 17.9 Å². The molecule has 3 nitrogen and oxygen atoms in total. The lowest BCUT2D eigenvalue weighted by molar-refractivity contribution is -0.125. The van der Waals surface area contributed by atoms with E-state index in [1.54, 1.807) is 41.5 Å². The topological polar surface area (TPSA) is 44.1 Å². The van der Waals surface area contributed by atoms with Crippen LogP contribution >= 0.6 is 11.3 Å². The average molecular weight is 282 g/mol. The highest BCUT2D eigenvalue weighted by molar-refractivity contribution is 7.09. The number of amides is 1. The number of benzene rings is 1. The van der Waals surface area contributed by atoms with Crippen molar-refractivity contribution in [2.24, 2.45) is 0 Å².